The van der Waals surface area contributed by atoms with Crippen LogP contribution >= 0.6 is 0 Å². The van der Waals surface area contributed by atoms with E-state index in [0.717, 1.165) is 25.7 Å². The smallest absolute Gasteiger partial charge is 0.329 e. The lowest BCUT2D eigenvalue weighted by molar-refractivity contribution is -0.146. The fourth-order valence-corrected chi connectivity index (χ4v) is 2.68. The maximum Gasteiger partial charge on any atom is 0.329 e. The third kappa shape index (κ3) is 8.05. The first-order chi connectivity index (χ1) is 10.1. The van der Waals surface area contributed by atoms with E-state index >= 15 is 0 Å². The number of hydrogen-bond donors (Lipinski definition) is 1. The standard InChI is InChI=1S/C16H29NO4/c1-2-3-4-5-6-7-8-15(18)17-11-9-14(10-12-17)21-13-16(19)20/h14H,2-13H2,1H3,(H,19,20). The van der Waals surface area contributed by atoms with E-state index < -0.39 is 5.97 Å². The highest BCUT2D eigenvalue weighted by Gasteiger charge is 2.23. The molecular weight excluding hydrogens is 270 g/mol. The van der Waals surface area contributed by atoms with Gasteiger partial charge in [0.05, 0.1) is 6.10 Å². The molecule has 0 unspecified atom stereocenters. The Morgan fingerprint density at radius 3 is 2.33 bits per heavy atom. The predicted molar refractivity (Wildman–Crippen MR) is 81.2 cm³/mol. The molecule has 1 N–H and O–H groups in total. The average molecular weight is 299 g/mol. The van der Waals surface area contributed by atoms with E-state index in [4.69, 9.17) is 9.84 Å². The molecule has 0 atom stereocenters. The number of carbonyl (C=O) groups is 2. The van der Waals surface area contributed by atoms with E-state index in [9.17, 15) is 9.59 Å². The average Bonchev–Trinajstić information content (AvgIpc) is 2.49. The molecule has 1 amide bonds. The molecule has 0 spiro atoms. The first-order valence-electron chi connectivity index (χ1n) is 8.24. The molecule has 1 aliphatic heterocycles. The molecule has 1 fully saturated rings. The Morgan fingerprint density at radius 2 is 1.71 bits per heavy atom. The number of unbranched alkanes of at least 4 members (excludes halogenated alkanes) is 5. The zero-order valence-electron chi connectivity index (χ0n) is 13.2. The second-order valence-corrected chi connectivity index (χ2v) is 5.80. The van der Waals surface area contributed by atoms with E-state index in [1.54, 1.807) is 0 Å². The van der Waals surface area contributed by atoms with E-state index in [1.807, 2.05) is 4.90 Å². The van der Waals surface area contributed by atoms with Crippen molar-refractivity contribution in [3.8, 4) is 0 Å². The molecule has 0 aromatic carbocycles. The van der Waals surface area contributed by atoms with Crippen LogP contribution in [0.25, 0.3) is 0 Å². The number of carbonyl (C=O) groups excluding carboxylic acids is 1. The van der Waals surface area contributed by atoms with Crippen molar-refractivity contribution in [1.82, 2.24) is 4.90 Å². The third-order valence-electron chi connectivity index (χ3n) is 3.98. The van der Waals surface area contributed by atoms with Crippen LogP contribution in [0.2, 0.25) is 0 Å². The number of rotatable bonds is 10. The maximum absolute atomic E-state index is 12.1. The second kappa shape index (κ2) is 10.6. The zero-order chi connectivity index (χ0) is 15.5. The molecule has 0 radical (unpaired) electrons. The number of nitrogens with zero attached hydrogens (tertiary/aromatic N) is 1. The summed E-state index contributed by atoms with van der Waals surface area (Å²) in [6.07, 6.45) is 9.29. The van der Waals surface area contributed by atoms with Crippen LogP contribution < -0.4 is 0 Å². The van der Waals surface area contributed by atoms with Crippen molar-refractivity contribution < 1.29 is 19.4 Å². The topological polar surface area (TPSA) is 66.8 Å². The summed E-state index contributed by atoms with van der Waals surface area (Å²) in [6, 6.07) is 0. The Hall–Kier alpha value is -1.10. The van der Waals surface area contributed by atoms with Crippen molar-refractivity contribution >= 4 is 11.9 Å². The molecule has 0 aromatic rings. The summed E-state index contributed by atoms with van der Waals surface area (Å²) in [5.41, 5.74) is 0. The Bertz CT molecular complexity index is 311. The van der Waals surface area contributed by atoms with Crippen molar-refractivity contribution in [2.45, 2.75) is 70.8 Å². The monoisotopic (exact) mass is 299 g/mol. The van der Waals surface area contributed by atoms with Gasteiger partial charge < -0.3 is 14.7 Å². The maximum atomic E-state index is 12.1. The molecule has 1 rings (SSSR count). The summed E-state index contributed by atoms with van der Waals surface area (Å²) in [7, 11) is 0. The predicted octanol–water partition coefficient (Wildman–Crippen LogP) is 2.83. The van der Waals surface area contributed by atoms with Crippen LogP contribution in [0, 0.1) is 0 Å². The van der Waals surface area contributed by atoms with Crippen LogP contribution in [0.15, 0.2) is 0 Å². The number of carboxylic acid groups (broad SMARTS) is 1. The van der Waals surface area contributed by atoms with Gasteiger partial charge in [-0.2, -0.15) is 0 Å². The van der Waals surface area contributed by atoms with Crippen LogP contribution in [0.3, 0.4) is 0 Å². The van der Waals surface area contributed by atoms with Crippen molar-refractivity contribution in [3.63, 3.8) is 0 Å². The number of carboxylic acids is 1. The lowest BCUT2D eigenvalue weighted by atomic mass is 10.1. The van der Waals surface area contributed by atoms with Gasteiger partial charge in [-0.1, -0.05) is 39.0 Å². The van der Waals surface area contributed by atoms with Crippen LogP contribution in [0.1, 0.15) is 64.7 Å². The Labute approximate surface area is 127 Å². The van der Waals surface area contributed by atoms with Gasteiger partial charge in [0, 0.05) is 19.5 Å². The second-order valence-electron chi connectivity index (χ2n) is 5.80. The summed E-state index contributed by atoms with van der Waals surface area (Å²) in [6.45, 7) is 3.35. The summed E-state index contributed by atoms with van der Waals surface area (Å²) in [5, 5.41) is 8.57. The molecule has 0 aromatic heterocycles. The van der Waals surface area contributed by atoms with E-state index in [0.29, 0.717) is 19.5 Å². The van der Waals surface area contributed by atoms with Crippen molar-refractivity contribution in [2.24, 2.45) is 0 Å². The molecule has 1 aliphatic rings. The van der Waals surface area contributed by atoms with Gasteiger partial charge in [0.2, 0.25) is 5.91 Å². The van der Waals surface area contributed by atoms with Crippen molar-refractivity contribution in [2.75, 3.05) is 19.7 Å². The molecule has 122 valence electrons. The van der Waals surface area contributed by atoms with Crippen molar-refractivity contribution in [3.05, 3.63) is 0 Å². The van der Waals surface area contributed by atoms with E-state index in [1.165, 1.54) is 25.7 Å². The number of piperidine rings is 1. The minimum absolute atomic E-state index is 0.0146. The molecule has 1 saturated heterocycles. The largest absolute Gasteiger partial charge is 0.480 e. The van der Waals surface area contributed by atoms with E-state index in [-0.39, 0.29) is 18.6 Å². The van der Waals surface area contributed by atoms with Gasteiger partial charge in [-0.15, -0.1) is 0 Å². The highest BCUT2D eigenvalue weighted by atomic mass is 16.5. The fraction of sp³-hybridized carbons (Fsp3) is 0.875. The number of hydrogen-bond acceptors (Lipinski definition) is 3. The zero-order valence-corrected chi connectivity index (χ0v) is 13.2. The van der Waals surface area contributed by atoms with Gasteiger partial charge >= 0.3 is 5.97 Å². The molecule has 5 heteroatoms. The fourth-order valence-electron chi connectivity index (χ4n) is 2.68. The van der Waals surface area contributed by atoms with Gasteiger partial charge in [0.1, 0.15) is 6.61 Å². The van der Waals surface area contributed by atoms with Crippen LogP contribution in [-0.4, -0.2) is 47.7 Å². The van der Waals surface area contributed by atoms with Crippen LogP contribution in [-0.2, 0) is 14.3 Å². The number of likely N-dealkylation sites (tertiary alicyclic amines) is 1. The summed E-state index contributed by atoms with van der Waals surface area (Å²) in [5.74, 6) is -0.696. The lowest BCUT2D eigenvalue weighted by Gasteiger charge is -2.31. The minimum atomic E-state index is -0.934. The molecular formula is C16H29NO4. The normalized spacial score (nSPS) is 16.1. The number of aliphatic carboxylic acids is 1. The van der Waals surface area contributed by atoms with Gasteiger partial charge in [0.15, 0.2) is 0 Å². The third-order valence-corrected chi connectivity index (χ3v) is 3.98. The SMILES string of the molecule is CCCCCCCCC(=O)N1CCC(OCC(=O)O)CC1. The number of ether oxygens (including phenoxy) is 1. The number of amides is 1. The summed E-state index contributed by atoms with van der Waals surface area (Å²) < 4.78 is 5.27. The van der Waals surface area contributed by atoms with E-state index in [2.05, 4.69) is 6.92 Å². The molecule has 1 heterocycles. The quantitative estimate of drug-likeness (QED) is 0.630. The van der Waals surface area contributed by atoms with Gasteiger partial charge in [-0.3, -0.25) is 4.79 Å². The first kappa shape index (κ1) is 18.0. The molecule has 0 aliphatic carbocycles. The van der Waals surface area contributed by atoms with Crippen LogP contribution in [0.5, 0.6) is 0 Å². The summed E-state index contributed by atoms with van der Waals surface area (Å²) >= 11 is 0. The molecule has 0 saturated carbocycles. The molecule has 21 heavy (non-hydrogen) atoms. The molecule has 5 nitrogen and oxygen atoms in total. The summed E-state index contributed by atoms with van der Waals surface area (Å²) in [4.78, 5) is 24.4. The Kier molecular flexibility index (Phi) is 9.06. The highest BCUT2D eigenvalue weighted by molar-refractivity contribution is 5.76. The first-order valence-corrected chi connectivity index (χ1v) is 8.24. The van der Waals surface area contributed by atoms with Crippen LogP contribution in [0.4, 0.5) is 0 Å². The van der Waals surface area contributed by atoms with Gasteiger partial charge in [-0.25, -0.2) is 4.79 Å². The lowest BCUT2D eigenvalue weighted by Crippen LogP contribution is -2.41. The Balaban J connectivity index is 2.07. The highest BCUT2D eigenvalue weighted by Crippen LogP contribution is 2.16. The minimum Gasteiger partial charge on any atom is -0.480 e. The van der Waals surface area contributed by atoms with Gasteiger partial charge in [0.25, 0.3) is 0 Å². The Morgan fingerprint density at radius 1 is 1.10 bits per heavy atom. The van der Waals surface area contributed by atoms with Gasteiger partial charge in [-0.05, 0) is 19.3 Å². The molecule has 0 bridgehead atoms. The van der Waals surface area contributed by atoms with Crippen molar-refractivity contribution in [1.29, 1.82) is 0 Å².